The van der Waals surface area contributed by atoms with Crippen LogP contribution in [0.25, 0.3) is 0 Å². The van der Waals surface area contributed by atoms with Crippen molar-refractivity contribution in [3.8, 4) is 0 Å². The van der Waals surface area contributed by atoms with Gasteiger partial charge >= 0.3 is 12.0 Å². The molecule has 0 atom stereocenters. The molecule has 0 aliphatic carbocycles. The van der Waals surface area contributed by atoms with Crippen molar-refractivity contribution >= 4 is 17.9 Å². The van der Waals surface area contributed by atoms with E-state index in [4.69, 9.17) is 5.11 Å². The fourth-order valence-corrected chi connectivity index (χ4v) is 0.819. The highest BCUT2D eigenvalue weighted by Gasteiger charge is 2.04. The molecule has 3 N–H and O–H groups in total. The van der Waals surface area contributed by atoms with E-state index in [0.29, 0.717) is 18.5 Å². The van der Waals surface area contributed by atoms with Gasteiger partial charge in [0.05, 0.1) is 0 Å². The van der Waals surface area contributed by atoms with Crippen molar-refractivity contribution in [3.05, 3.63) is 12.2 Å². The minimum absolute atomic E-state index is 0.461. The quantitative estimate of drug-likeness (QED) is 0.597. The normalized spacial score (nSPS) is 10.4. The number of carbonyl (C=O) groups is 3. The summed E-state index contributed by atoms with van der Waals surface area (Å²) in [5.74, 6) is -1.54. The molecule has 0 spiro atoms. The lowest BCUT2D eigenvalue weighted by Gasteiger charge is -2.06. The summed E-state index contributed by atoms with van der Waals surface area (Å²) in [5, 5.41) is 12.7. The predicted molar refractivity (Wildman–Crippen MR) is 57.8 cm³/mol. The van der Waals surface area contributed by atoms with Crippen LogP contribution < -0.4 is 10.6 Å². The molecule has 0 saturated carbocycles. The molecule has 0 saturated heterocycles. The molecule has 0 rings (SSSR count). The summed E-state index contributed by atoms with van der Waals surface area (Å²) >= 11 is 0. The van der Waals surface area contributed by atoms with E-state index in [2.05, 4.69) is 5.32 Å². The van der Waals surface area contributed by atoms with E-state index < -0.39 is 17.9 Å². The van der Waals surface area contributed by atoms with Crippen molar-refractivity contribution < 1.29 is 19.5 Å². The smallest absolute Gasteiger partial charge is 0.328 e. The number of rotatable bonds is 5. The lowest BCUT2D eigenvalue weighted by molar-refractivity contribution is -0.131. The summed E-state index contributed by atoms with van der Waals surface area (Å²) in [4.78, 5) is 32.1. The molecule has 3 amide bonds. The highest BCUT2D eigenvalue weighted by Crippen LogP contribution is 1.95. The van der Waals surface area contributed by atoms with E-state index in [-0.39, 0.29) is 0 Å². The van der Waals surface area contributed by atoms with Crippen LogP contribution in [-0.4, -0.2) is 29.6 Å². The SMILES string of the molecule is CC(C)CCNC(=O)NC(=O)/C=C/C(=O)O. The molecule has 0 aliphatic heterocycles. The van der Waals surface area contributed by atoms with Crippen molar-refractivity contribution in [1.29, 1.82) is 0 Å². The first kappa shape index (κ1) is 14.2. The molecule has 0 heterocycles. The number of carbonyl (C=O) groups excluding carboxylic acids is 2. The van der Waals surface area contributed by atoms with Crippen molar-refractivity contribution in [2.75, 3.05) is 6.54 Å². The van der Waals surface area contributed by atoms with Crippen LogP contribution in [0.1, 0.15) is 20.3 Å². The van der Waals surface area contributed by atoms with E-state index >= 15 is 0 Å². The third-order valence-electron chi connectivity index (χ3n) is 1.62. The third kappa shape index (κ3) is 8.74. The average Bonchev–Trinajstić information content (AvgIpc) is 2.14. The fourth-order valence-electron chi connectivity index (χ4n) is 0.819. The number of hydrogen-bond acceptors (Lipinski definition) is 3. The molecule has 0 aliphatic rings. The van der Waals surface area contributed by atoms with Gasteiger partial charge in [0, 0.05) is 18.7 Å². The minimum atomic E-state index is -1.24. The predicted octanol–water partition coefficient (Wildman–Crippen LogP) is 0.499. The van der Waals surface area contributed by atoms with Gasteiger partial charge in [-0.3, -0.25) is 10.1 Å². The standard InChI is InChI=1S/C10H16N2O4/c1-7(2)5-6-11-10(16)12-8(13)3-4-9(14)15/h3-4,7H,5-6H2,1-2H3,(H,14,15)(H2,11,12,13,16)/b4-3+. The second-order valence-corrected chi connectivity index (χ2v) is 3.60. The summed E-state index contributed by atoms with van der Waals surface area (Å²) in [5.41, 5.74) is 0. The molecular weight excluding hydrogens is 212 g/mol. The molecule has 16 heavy (non-hydrogen) atoms. The number of amides is 3. The molecule has 0 radical (unpaired) electrons. The number of nitrogens with one attached hydrogen (secondary N) is 2. The fraction of sp³-hybridized carbons (Fsp3) is 0.500. The van der Waals surface area contributed by atoms with Gasteiger partial charge in [-0.15, -0.1) is 0 Å². The molecule has 0 aromatic rings. The Morgan fingerprint density at radius 2 is 1.88 bits per heavy atom. The number of carboxylic acid groups (broad SMARTS) is 1. The molecule has 0 bridgehead atoms. The largest absolute Gasteiger partial charge is 0.478 e. The number of aliphatic carboxylic acids is 1. The van der Waals surface area contributed by atoms with E-state index in [1.807, 2.05) is 19.2 Å². The number of carboxylic acids is 1. The molecule has 0 aromatic carbocycles. The van der Waals surface area contributed by atoms with Crippen LogP contribution in [-0.2, 0) is 9.59 Å². The van der Waals surface area contributed by atoms with Gasteiger partial charge in [0.25, 0.3) is 5.91 Å². The first-order chi connectivity index (χ1) is 7.41. The molecule has 0 fully saturated rings. The Kier molecular flexibility index (Phi) is 6.58. The lowest BCUT2D eigenvalue weighted by Crippen LogP contribution is -2.39. The molecule has 90 valence electrons. The van der Waals surface area contributed by atoms with Crippen molar-refractivity contribution in [3.63, 3.8) is 0 Å². The molecule has 6 nitrogen and oxygen atoms in total. The van der Waals surface area contributed by atoms with Crippen LogP contribution in [0.3, 0.4) is 0 Å². The Hall–Kier alpha value is -1.85. The highest BCUT2D eigenvalue weighted by atomic mass is 16.4. The first-order valence-electron chi connectivity index (χ1n) is 4.91. The summed E-state index contributed by atoms with van der Waals surface area (Å²) < 4.78 is 0. The number of imide groups is 1. The molecule has 0 unspecified atom stereocenters. The number of urea groups is 1. The molecule has 6 heteroatoms. The first-order valence-corrected chi connectivity index (χ1v) is 4.91. The van der Waals surface area contributed by atoms with Gasteiger partial charge in [-0.25, -0.2) is 9.59 Å². The monoisotopic (exact) mass is 228 g/mol. The van der Waals surface area contributed by atoms with Crippen LogP contribution in [0.5, 0.6) is 0 Å². The maximum absolute atomic E-state index is 11.1. The Morgan fingerprint density at radius 1 is 1.25 bits per heavy atom. The summed E-state index contributed by atoms with van der Waals surface area (Å²) in [6, 6.07) is -0.624. The zero-order valence-electron chi connectivity index (χ0n) is 9.32. The van der Waals surface area contributed by atoms with E-state index in [0.717, 1.165) is 12.5 Å². The van der Waals surface area contributed by atoms with Gasteiger partial charge in [-0.05, 0) is 12.3 Å². The van der Waals surface area contributed by atoms with Gasteiger partial charge in [0.15, 0.2) is 0 Å². The molecular formula is C10H16N2O4. The van der Waals surface area contributed by atoms with Crippen molar-refractivity contribution in [1.82, 2.24) is 10.6 Å². The van der Waals surface area contributed by atoms with Crippen LogP contribution >= 0.6 is 0 Å². The second-order valence-electron chi connectivity index (χ2n) is 3.60. The van der Waals surface area contributed by atoms with Crippen molar-refractivity contribution in [2.45, 2.75) is 20.3 Å². The van der Waals surface area contributed by atoms with Gasteiger partial charge in [0.1, 0.15) is 0 Å². The highest BCUT2D eigenvalue weighted by molar-refractivity contribution is 6.02. The third-order valence-corrected chi connectivity index (χ3v) is 1.62. The van der Waals surface area contributed by atoms with Crippen LogP contribution in [0.2, 0.25) is 0 Å². The Bertz CT molecular complexity index is 297. The summed E-state index contributed by atoms with van der Waals surface area (Å²) in [7, 11) is 0. The Labute approximate surface area is 93.7 Å². The lowest BCUT2D eigenvalue weighted by atomic mass is 10.1. The topological polar surface area (TPSA) is 95.5 Å². The van der Waals surface area contributed by atoms with E-state index in [9.17, 15) is 14.4 Å². The molecule has 0 aromatic heterocycles. The van der Waals surface area contributed by atoms with Gasteiger partial charge < -0.3 is 10.4 Å². The minimum Gasteiger partial charge on any atom is -0.478 e. The Morgan fingerprint density at radius 3 is 2.38 bits per heavy atom. The maximum Gasteiger partial charge on any atom is 0.328 e. The Balaban J connectivity index is 3.79. The van der Waals surface area contributed by atoms with Crippen LogP contribution in [0.15, 0.2) is 12.2 Å². The van der Waals surface area contributed by atoms with Gasteiger partial charge in [0.2, 0.25) is 0 Å². The van der Waals surface area contributed by atoms with Crippen molar-refractivity contribution in [2.24, 2.45) is 5.92 Å². The van der Waals surface area contributed by atoms with Crippen LogP contribution in [0.4, 0.5) is 4.79 Å². The zero-order valence-corrected chi connectivity index (χ0v) is 9.32. The van der Waals surface area contributed by atoms with E-state index in [1.165, 1.54) is 0 Å². The van der Waals surface area contributed by atoms with Gasteiger partial charge in [-0.1, -0.05) is 13.8 Å². The van der Waals surface area contributed by atoms with Gasteiger partial charge in [-0.2, -0.15) is 0 Å². The maximum atomic E-state index is 11.1. The average molecular weight is 228 g/mol. The van der Waals surface area contributed by atoms with Crippen LogP contribution in [0, 0.1) is 5.92 Å². The van der Waals surface area contributed by atoms with E-state index in [1.54, 1.807) is 0 Å². The summed E-state index contributed by atoms with van der Waals surface area (Å²) in [6.45, 7) is 4.50. The number of hydrogen-bond donors (Lipinski definition) is 3. The second kappa shape index (κ2) is 7.44. The summed E-state index contributed by atoms with van der Waals surface area (Å²) in [6.07, 6.45) is 2.26. The zero-order chi connectivity index (χ0) is 12.6.